The molecule has 3 unspecified atom stereocenters. The van der Waals surface area contributed by atoms with Crippen LogP contribution in [0.2, 0.25) is 0 Å². The average molecular weight is 293 g/mol. The SMILES string of the molecule is CCC1CCNC(CC(O)c2ccc(OC)cc2OC)C1. The highest BCUT2D eigenvalue weighted by Crippen LogP contribution is 2.33. The minimum Gasteiger partial charge on any atom is -0.497 e. The zero-order chi connectivity index (χ0) is 15.2. The Hall–Kier alpha value is -1.26. The molecule has 0 spiro atoms. The molecule has 118 valence electrons. The van der Waals surface area contributed by atoms with Crippen molar-refractivity contribution in [3.05, 3.63) is 23.8 Å². The Bertz CT molecular complexity index is 450. The van der Waals surface area contributed by atoms with Gasteiger partial charge in [-0.05, 0) is 43.9 Å². The summed E-state index contributed by atoms with van der Waals surface area (Å²) in [5.74, 6) is 2.20. The van der Waals surface area contributed by atoms with E-state index >= 15 is 0 Å². The number of aliphatic hydroxyl groups excluding tert-OH is 1. The number of hydrogen-bond donors (Lipinski definition) is 2. The fourth-order valence-electron chi connectivity index (χ4n) is 3.14. The third-order valence-corrected chi connectivity index (χ3v) is 4.49. The van der Waals surface area contributed by atoms with Crippen LogP contribution in [-0.2, 0) is 0 Å². The van der Waals surface area contributed by atoms with Gasteiger partial charge in [-0.2, -0.15) is 0 Å². The number of ether oxygens (including phenoxy) is 2. The standard InChI is InChI=1S/C17H27NO3/c1-4-12-7-8-18-13(9-12)10-16(19)15-6-5-14(20-2)11-17(15)21-3/h5-6,11-13,16,18-19H,4,7-10H2,1-3H3. The van der Waals surface area contributed by atoms with Crippen molar-refractivity contribution in [2.75, 3.05) is 20.8 Å². The van der Waals surface area contributed by atoms with Crippen LogP contribution in [0.1, 0.15) is 44.3 Å². The zero-order valence-corrected chi connectivity index (χ0v) is 13.3. The third kappa shape index (κ3) is 4.11. The Balaban J connectivity index is 2.04. The highest BCUT2D eigenvalue weighted by Gasteiger charge is 2.24. The first-order valence-electron chi connectivity index (χ1n) is 7.81. The van der Waals surface area contributed by atoms with Gasteiger partial charge in [0.25, 0.3) is 0 Å². The number of benzene rings is 1. The molecule has 1 aromatic rings. The van der Waals surface area contributed by atoms with Crippen molar-refractivity contribution < 1.29 is 14.6 Å². The quantitative estimate of drug-likeness (QED) is 0.847. The zero-order valence-electron chi connectivity index (χ0n) is 13.3. The van der Waals surface area contributed by atoms with Gasteiger partial charge in [-0.25, -0.2) is 0 Å². The van der Waals surface area contributed by atoms with E-state index in [0.717, 1.165) is 36.6 Å². The molecule has 4 nitrogen and oxygen atoms in total. The lowest BCUT2D eigenvalue weighted by molar-refractivity contribution is 0.133. The summed E-state index contributed by atoms with van der Waals surface area (Å²) >= 11 is 0. The molecule has 0 aliphatic carbocycles. The van der Waals surface area contributed by atoms with Crippen LogP contribution >= 0.6 is 0 Å². The normalized spacial score (nSPS) is 23.6. The summed E-state index contributed by atoms with van der Waals surface area (Å²) in [5, 5.41) is 14.1. The summed E-state index contributed by atoms with van der Waals surface area (Å²) in [6.45, 7) is 3.30. The summed E-state index contributed by atoms with van der Waals surface area (Å²) in [4.78, 5) is 0. The Morgan fingerprint density at radius 1 is 1.33 bits per heavy atom. The molecular formula is C17H27NO3. The van der Waals surface area contributed by atoms with Gasteiger partial charge in [0.1, 0.15) is 11.5 Å². The molecule has 1 saturated heterocycles. The van der Waals surface area contributed by atoms with Crippen molar-refractivity contribution in [3.63, 3.8) is 0 Å². The summed E-state index contributed by atoms with van der Waals surface area (Å²) in [6.07, 6.45) is 3.82. The monoisotopic (exact) mass is 293 g/mol. The molecule has 21 heavy (non-hydrogen) atoms. The van der Waals surface area contributed by atoms with Crippen LogP contribution in [-0.4, -0.2) is 31.9 Å². The summed E-state index contributed by atoms with van der Waals surface area (Å²) < 4.78 is 10.6. The van der Waals surface area contributed by atoms with E-state index in [-0.39, 0.29) is 0 Å². The van der Waals surface area contributed by atoms with Gasteiger partial charge in [0.15, 0.2) is 0 Å². The van der Waals surface area contributed by atoms with E-state index < -0.39 is 6.10 Å². The summed E-state index contributed by atoms with van der Waals surface area (Å²) in [6, 6.07) is 5.96. The van der Waals surface area contributed by atoms with Crippen molar-refractivity contribution in [1.82, 2.24) is 5.32 Å². The highest BCUT2D eigenvalue weighted by atomic mass is 16.5. The molecule has 2 N–H and O–H groups in total. The molecule has 0 amide bonds. The van der Waals surface area contributed by atoms with E-state index in [1.54, 1.807) is 14.2 Å². The minimum atomic E-state index is -0.515. The molecule has 1 aromatic carbocycles. The summed E-state index contributed by atoms with van der Waals surface area (Å²) in [5.41, 5.74) is 0.832. The van der Waals surface area contributed by atoms with Gasteiger partial charge in [0, 0.05) is 17.7 Å². The number of hydrogen-bond acceptors (Lipinski definition) is 4. The molecule has 1 aliphatic heterocycles. The Morgan fingerprint density at radius 2 is 2.14 bits per heavy atom. The maximum absolute atomic E-state index is 10.5. The first-order chi connectivity index (χ1) is 10.2. The van der Waals surface area contributed by atoms with Crippen molar-refractivity contribution in [3.8, 4) is 11.5 Å². The highest BCUT2D eigenvalue weighted by molar-refractivity contribution is 5.42. The van der Waals surface area contributed by atoms with E-state index in [1.165, 1.54) is 12.8 Å². The van der Waals surface area contributed by atoms with Gasteiger partial charge >= 0.3 is 0 Å². The first kappa shape index (κ1) is 16.1. The van der Waals surface area contributed by atoms with Crippen LogP contribution in [0.15, 0.2) is 18.2 Å². The molecule has 0 bridgehead atoms. The van der Waals surface area contributed by atoms with Crippen LogP contribution < -0.4 is 14.8 Å². The van der Waals surface area contributed by atoms with E-state index in [2.05, 4.69) is 12.2 Å². The largest absolute Gasteiger partial charge is 0.497 e. The smallest absolute Gasteiger partial charge is 0.128 e. The topological polar surface area (TPSA) is 50.7 Å². The van der Waals surface area contributed by atoms with E-state index in [4.69, 9.17) is 9.47 Å². The number of rotatable bonds is 6. The Labute approximate surface area is 127 Å². The fraction of sp³-hybridized carbons (Fsp3) is 0.647. The van der Waals surface area contributed by atoms with Gasteiger partial charge in [-0.15, -0.1) is 0 Å². The second-order valence-electron chi connectivity index (χ2n) is 5.81. The van der Waals surface area contributed by atoms with Gasteiger partial charge in [-0.3, -0.25) is 0 Å². The van der Waals surface area contributed by atoms with Crippen LogP contribution in [0, 0.1) is 5.92 Å². The number of methoxy groups -OCH3 is 2. The lowest BCUT2D eigenvalue weighted by Gasteiger charge is -2.31. The lowest BCUT2D eigenvalue weighted by Crippen LogP contribution is -2.38. The number of aliphatic hydroxyl groups is 1. The maximum Gasteiger partial charge on any atom is 0.128 e. The average Bonchev–Trinajstić information content (AvgIpc) is 2.54. The predicted molar refractivity (Wildman–Crippen MR) is 83.9 cm³/mol. The molecule has 3 atom stereocenters. The molecule has 0 radical (unpaired) electrons. The second-order valence-corrected chi connectivity index (χ2v) is 5.81. The third-order valence-electron chi connectivity index (χ3n) is 4.49. The molecule has 0 aromatic heterocycles. The van der Waals surface area contributed by atoms with Crippen LogP contribution in [0.5, 0.6) is 11.5 Å². The Kier molecular flexibility index (Phi) is 5.88. The van der Waals surface area contributed by atoms with E-state index in [0.29, 0.717) is 11.8 Å². The van der Waals surface area contributed by atoms with Crippen LogP contribution in [0.4, 0.5) is 0 Å². The summed E-state index contributed by atoms with van der Waals surface area (Å²) in [7, 11) is 3.25. The van der Waals surface area contributed by atoms with Crippen molar-refractivity contribution in [2.24, 2.45) is 5.92 Å². The maximum atomic E-state index is 10.5. The second kappa shape index (κ2) is 7.66. The molecule has 1 heterocycles. The minimum absolute atomic E-state index is 0.380. The molecular weight excluding hydrogens is 266 g/mol. The number of nitrogens with one attached hydrogen (secondary N) is 1. The van der Waals surface area contributed by atoms with Crippen LogP contribution in [0.25, 0.3) is 0 Å². The predicted octanol–water partition coefficient (Wildman–Crippen LogP) is 2.91. The molecule has 4 heteroatoms. The number of piperidine rings is 1. The molecule has 0 saturated carbocycles. The van der Waals surface area contributed by atoms with Gasteiger partial charge in [-0.1, -0.05) is 13.3 Å². The molecule has 1 aliphatic rings. The van der Waals surface area contributed by atoms with E-state index in [9.17, 15) is 5.11 Å². The van der Waals surface area contributed by atoms with Gasteiger partial charge in [0.05, 0.1) is 20.3 Å². The van der Waals surface area contributed by atoms with Crippen molar-refractivity contribution in [1.29, 1.82) is 0 Å². The van der Waals surface area contributed by atoms with Crippen molar-refractivity contribution in [2.45, 2.75) is 44.8 Å². The van der Waals surface area contributed by atoms with Crippen LogP contribution in [0.3, 0.4) is 0 Å². The van der Waals surface area contributed by atoms with E-state index in [1.807, 2.05) is 18.2 Å². The fourth-order valence-corrected chi connectivity index (χ4v) is 3.14. The lowest BCUT2D eigenvalue weighted by atomic mass is 9.87. The van der Waals surface area contributed by atoms with Gasteiger partial charge in [0.2, 0.25) is 0 Å². The Morgan fingerprint density at radius 3 is 2.81 bits per heavy atom. The van der Waals surface area contributed by atoms with Gasteiger partial charge < -0.3 is 19.9 Å². The molecule has 1 fully saturated rings. The molecule has 2 rings (SSSR count). The first-order valence-corrected chi connectivity index (χ1v) is 7.81. The van der Waals surface area contributed by atoms with Crippen molar-refractivity contribution >= 4 is 0 Å².